The normalized spacial score (nSPS) is 9.82. The van der Waals surface area contributed by atoms with Gasteiger partial charge in [-0.25, -0.2) is 4.98 Å². The molecule has 1 heterocycles. The van der Waals surface area contributed by atoms with Crippen molar-refractivity contribution in [2.24, 2.45) is 0 Å². The maximum atomic E-state index is 8.76. The van der Waals surface area contributed by atoms with Gasteiger partial charge in [0.1, 0.15) is 4.60 Å². The van der Waals surface area contributed by atoms with Crippen LogP contribution in [0.1, 0.15) is 0 Å². The molecule has 1 aromatic heterocycles. The van der Waals surface area contributed by atoms with Crippen LogP contribution in [-0.4, -0.2) is 22.2 Å². The van der Waals surface area contributed by atoms with Crippen LogP contribution in [-0.2, 0) is 0 Å². The molecule has 1 aromatic rings. The Balaban J connectivity index is 3.13. The smallest absolute Gasteiger partial charge is 0.423 e. The van der Waals surface area contributed by atoms with Gasteiger partial charge in [-0.2, -0.15) is 0 Å². The highest BCUT2D eigenvalue weighted by Crippen LogP contribution is 2.08. The molecular formula is C5H4BBrClNO2. The molecular weight excluding hydrogens is 232 g/mol. The molecule has 3 nitrogen and oxygen atoms in total. The molecule has 0 aliphatic rings. The van der Waals surface area contributed by atoms with E-state index in [1.54, 1.807) is 0 Å². The van der Waals surface area contributed by atoms with Crippen LogP contribution in [0.2, 0.25) is 5.02 Å². The zero-order valence-electron chi connectivity index (χ0n) is 5.33. The van der Waals surface area contributed by atoms with Gasteiger partial charge in [-0.3, -0.25) is 0 Å². The fourth-order valence-electron chi connectivity index (χ4n) is 0.619. The summed E-state index contributed by atoms with van der Waals surface area (Å²) in [5.74, 6) is 0. The van der Waals surface area contributed by atoms with Crippen molar-refractivity contribution in [2.45, 2.75) is 0 Å². The molecule has 6 heteroatoms. The van der Waals surface area contributed by atoms with E-state index >= 15 is 0 Å². The minimum Gasteiger partial charge on any atom is -0.423 e. The van der Waals surface area contributed by atoms with E-state index in [4.69, 9.17) is 21.6 Å². The van der Waals surface area contributed by atoms with E-state index in [1.165, 1.54) is 12.3 Å². The molecule has 1 rings (SSSR count). The zero-order valence-corrected chi connectivity index (χ0v) is 7.67. The minimum atomic E-state index is -1.55. The van der Waals surface area contributed by atoms with E-state index in [2.05, 4.69) is 20.9 Å². The van der Waals surface area contributed by atoms with Crippen LogP contribution < -0.4 is 5.46 Å². The summed E-state index contributed by atoms with van der Waals surface area (Å²) in [6, 6.07) is 1.43. The highest BCUT2D eigenvalue weighted by atomic mass is 79.9. The lowest BCUT2D eigenvalue weighted by Gasteiger charge is -2.00. The van der Waals surface area contributed by atoms with Crippen molar-refractivity contribution in [1.82, 2.24) is 4.98 Å². The topological polar surface area (TPSA) is 53.4 Å². The maximum Gasteiger partial charge on any atom is 0.491 e. The fourth-order valence-corrected chi connectivity index (χ4v) is 1.21. The zero-order chi connectivity index (χ0) is 8.43. The molecule has 0 amide bonds. The highest BCUT2D eigenvalue weighted by Gasteiger charge is 2.15. The SMILES string of the molecule is OB(O)c1cc(Cl)cnc1Br. The van der Waals surface area contributed by atoms with Gasteiger partial charge < -0.3 is 10.0 Å². The second-order valence-corrected chi connectivity index (χ2v) is 3.09. The Hall–Kier alpha value is -0.0951. The van der Waals surface area contributed by atoms with Crippen molar-refractivity contribution in [3.05, 3.63) is 21.9 Å². The van der Waals surface area contributed by atoms with Gasteiger partial charge in [-0.15, -0.1) is 0 Å². The van der Waals surface area contributed by atoms with Gasteiger partial charge in [0.25, 0.3) is 0 Å². The standard InChI is InChI=1S/C5H4BBrClNO2/c7-5-4(6(10)11)1-3(8)2-9-5/h1-2,10-11H. The molecule has 0 aliphatic heterocycles. The number of halogens is 2. The molecule has 0 radical (unpaired) electrons. The van der Waals surface area contributed by atoms with Crippen LogP contribution in [0, 0.1) is 0 Å². The first-order valence-electron chi connectivity index (χ1n) is 2.78. The maximum absolute atomic E-state index is 8.76. The van der Waals surface area contributed by atoms with Crippen molar-refractivity contribution in [3.63, 3.8) is 0 Å². The molecule has 0 atom stereocenters. The molecule has 0 saturated carbocycles. The summed E-state index contributed by atoms with van der Waals surface area (Å²) in [4.78, 5) is 3.76. The van der Waals surface area contributed by atoms with Gasteiger partial charge in [-0.1, -0.05) is 11.6 Å². The Morgan fingerprint density at radius 2 is 2.18 bits per heavy atom. The first kappa shape index (κ1) is 9.00. The lowest BCUT2D eigenvalue weighted by Crippen LogP contribution is -2.31. The Kier molecular flexibility index (Phi) is 2.89. The van der Waals surface area contributed by atoms with E-state index in [-0.39, 0.29) is 5.46 Å². The van der Waals surface area contributed by atoms with Gasteiger partial charge in [0.05, 0.1) is 5.02 Å². The van der Waals surface area contributed by atoms with E-state index in [0.29, 0.717) is 9.63 Å². The molecule has 0 bridgehead atoms. The predicted molar refractivity (Wildman–Crippen MR) is 46.8 cm³/mol. The molecule has 0 fully saturated rings. The largest absolute Gasteiger partial charge is 0.491 e. The van der Waals surface area contributed by atoms with Gasteiger partial charge in [-0.05, 0) is 22.0 Å². The van der Waals surface area contributed by atoms with Gasteiger partial charge in [0, 0.05) is 11.7 Å². The van der Waals surface area contributed by atoms with Crippen LogP contribution in [0.3, 0.4) is 0 Å². The second kappa shape index (κ2) is 3.54. The number of pyridine rings is 1. The lowest BCUT2D eigenvalue weighted by atomic mass is 9.82. The van der Waals surface area contributed by atoms with Crippen molar-refractivity contribution in [2.75, 3.05) is 0 Å². The summed E-state index contributed by atoms with van der Waals surface area (Å²) in [5.41, 5.74) is 0.262. The van der Waals surface area contributed by atoms with Crippen molar-refractivity contribution in [1.29, 1.82) is 0 Å². The lowest BCUT2D eigenvalue weighted by molar-refractivity contribution is 0.425. The van der Waals surface area contributed by atoms with Crippen molar-refractivity contribution >= 4 is 40.1 Å². The van der Waals surface area contributed by atoms with Crippen molar-refractivity contribution < 1.29 is 10.0 Å². The molecule has 0 unspecified atom stereocenters. The summed E-state index contributed by atoms with van der Waals surface area (Å²) in [6.45, 7) is 0. The molecule has 0 saturated heterocycles. The quantitative estimate of drug-likeness (QED) is 0.540. The van der Waals surface area contributed by atoms with Crippen LogP contribution in [0.5, 0.6) is 0 Å². The molecule has 0 aliphatic carbocycles. The molecule has 0 aromatic carbocycles. The third-order valence-corrected chi connectivity index (χ3v) is 1.98. The van der Waals surface area contributed by atoms with E-state index in [9.17, 15) is 0 Å². The molecule has 2 N–H and O–H groups in total. The van der Waals surface area contributed by atoms with Gasteiger partial charge >= 0.3 is 7.12 Å². The summed E-state index contributed by atoms with van der Waals surface area (Å²) in [6.07, 6.45) is 1.41. The van der Waals surface area contributed by atoms with Gasteiger partial charge in [0.2, 0.25) is 0 Å². The highest BCUT2D eigenvalue weighted by molar-refractivity contribution is 9.10. The summed E-state index contributed by atoms with van der Waals surface area (Å²) < 4.78 is 0.386. The number of nitrogens with zero attached hydrogens (tertiary/aromatic N) is 1. The molecule has 0 spiro atoms. The second-order valence-electron chi connectivity index (χ2n) is 1.91. The first-order chi connectivity index (χ1) is 5.11. The predicted octanol–water partition coefficient (Wildman–Crippen LogP) is 0.177. The van der Waals surface area contributed by atoms with E-state index < -0.39 is 7.12 Å². The Bertz CT molecular complexity index is 271. The summed E-state index contributed by atoms with van der Waals surface area (Å²) in [7, 11) is -1.55. The Morgan fingerprint density at radius 3 is 2.64 bits per heavy atom. The Morgan fingerprint density at radius 1 is 1.55 bits per heavy atom. The minimum absolute atomic E-state index is 0.262. The van der Waals surface area contributed by atoms with Crippen LogP contribution in [0.25, 0.3) is 0 Å². The average Bonchev–Trinajstić information content (AvgIpc) is 1.94. The average molecular weight is 236 g/mol. The van der Waals surface area contributed by atoms with Crippen molar-refractivity contribution in [3.8, 4) is 0 Å². The van der Waals surface area contributed by atoms with Crippen LogP contribution >= 0.6 is 27.5 Å². The van der Waals surface area contributed by atoms with Crippen LogP contribution in [0.4, 0.5) is 0 Å². The van der Waals surface area contributed by atoms with E-state index in [1.807, 2.05) is 0 Å². The van der Waals surface area contributed by atoms with E-state index in [0.717, 1.165) is 0 Å². The van der Waals surface area contributed by atoms with Gasteiger partial charge in [0.15, 0.2) is 0 Å². The first-order valence-corrected chi connectivity index (χ1v) is 3.95. The third-order valence-electron chi connectivity index (χ3n) is 1.11. The Labute approximate surface area is 77.3 Å². The molecule has 11 heavy (non-hydrogen) atoms. The summed E-state index contributed by atoms with van der Waals surface area (Å²) >= 11 is 8.60. The number of hydrogen-bond donors (Lipinski definition) is 2. The molecule has 58 valence electrons. The fraction of sp³-hybridized carbons (Fsp3) is 0. The number of aromatic nitrogens is 1. The summed E-state index contributed by atoms with van der Waals surface area (Å²) in [5, 5.41) is 17.9. The number of rotatable bonds is 1. The number of hydrogen-bond acceptors (Lipinski definition) is 3. The third kappa shape index (κ3) is 2.17. The monoisotopic (exact) mass is 235 g/mol. The van der Waals surface area contributed by atoms with Crippen LogP contribution in [0.15, 0.2) is 16.9 Å².